The first-order chi connectivity index (χ1) is 8.35. The second kappa shape index (κ2) is 6.45. The minimum atomic E-state index is 0.454. The van der Waals surface area contributed by atoms with Crippen LogP contribution in [0.4, 0.5) is 0 Å². The quantitative estimate of drug-likeness (QED) is 0.875. The Labute approximate surface area is 108 Å². The molecule has 1 atom stereocenters. The van der Waals surface area contributed by atoms with Crippen LogP contribution in [0.2, 0.25) is 0 Å². The van der Waals surface area contributed by atoms with Crippen LogP contribution < -0.4 is 5.32 Å². The fourth-order valence-electron chi connectivity index (χ4n) is 2.40. The van der Waals surface area contributed by atoms with Gasteiger partial charge < -0.3 is 9.88 Å². The number of rotatable bonds is 5. The SMILES string of the molecule is CCCc1cn2c(n1)C(CCSC)NCCC2. The molecular weight excluding hydrogens is 230 g/mol. The zero-order chi connectivity index (χ0) is 12.1. The van der Waals surface area contributed by atoms with E-state index in [1.807, 2.05) is 11.8 Å². The Balaban J connectivity index is 2.14. The molecule has 0 aromatic carbocycles. The molecule has 1 aliphatic heterocycles. The van der Waals surface area contributed by atoms with Gasteiger partial charge in [-0.15, -0.1) is 0 Å². The van der Waals surface area contributed by atoms with Gasteiger partial charge in [-0.05, 0) is 37.8 Å². The van der Waals surface area contributed by atoms with Gasteiger partial charge in [-0.1, -0.05) is 13.3 Å². The molecule has 0 radical (unpaired) electrons. The third kappa shape index (κ3) is 3.26. The smallest absolute Gasteiger partial charge is 0.126 e. The minimum absolute atomic E-state index is 0.454. The van der Waals surface area contributed by atoms with Crippen LogP contribution in [0, 0.1) is 0 Å². The molecule has 4 heteroatoms. The summed E-state index contributed by atoms with van der Waals surface area (Å²) in [7, 11) is 0. The van der Waals surface area contributed by atoms with Crippen LogP contribution in [0.5, 0.6) is 0 Å². The van der Waals surface area contributed by atoms with Crippen molar-refractivity contribution in [2.75, 3.05) is 18.6 Å². The molecule has 96 valence electrons. The number of nitrogens with one attached hydrogen (secondary N) is 1. The van der Waals surface area contributed by atoms with Crippen LogP contribution in [-0.4, -0.2) is 28.1 Å². The lowest BCUT2D eigenvalue weighted by Gasteiger charge is -2.15. The van der Waals surface area contributed by atoms with Gasteiger partial charge >= 0.3 is 0 Å². The van der Waals surface area contributed by atoms with E-state index in [1.54, 1.807) is 0 Å². The first-order valence-electron chi connectivity index (χ1n) is 6.63. The average molecular weight is 253 g/mol. The molecule has 2 rings (SSSR count). The Kier molecular flexibility index (Phi) is 4.92. The van der Waals surface area contributed by atoms with Crippen molar-refractivity contribution in [1.29, 1.82) is 0 Å². The van der Waals surface area contributed by atoms with Gasteiger partial charge in [0, 0.05) is 12.7 Å². The van der Waals surface area contributed by atoms with Crippen LogP contribution >= 0.6 is 11.8 Å². The van der Waals surface area contributed by atoms with Gasteiger partial charge in [-0.25, -0.2) is 4.98 Å². The Morgan fingerprint density at radius 3 is 3.24 bits per heavy atom. The molecular formula is C13H23N3S. The van der Waals surface area contributed by atoms with E-state index in [2.05, 4.69) is 29.3 Å². The molecule has 0 amide bonds. The van der Waals surface area contributed by atoms with Gasteiger partial charge in [-0.3, -0.25) is 0 Å². The Bertz CT molecular complexity index is 348. The minimum Gasteiger partial charge on any atom is -0.333 e. The van der Waals surface area contributed by atoms with Crippen LogP contribution in [-0.2, 0) is 13.0 Å². The maximum absolute atomic E-state index is 4.83. The van der Waals surface area contributed by atoms with Gasteiger partial charge in [0.25, 0.3) is 0 Å². The van der Waals surface area contributed by atoms with Gasteiger partial charge in [0.1, 0.15) is 5.82 Å². The molecule has 1 unspecified atom stereocenters. The summed E-state index contributed by atoms with van der Waals surface area (Å²) in [6, 6.07) is 0.454. The number of thioether (sulfide) groups is 1. The predicted octanol–water partition coefficient (Wildman–Crippen LogP) is 2.62. The summed E-state index contributed by atoms with van der Waals surface area (Å²) < 4.78 is 2.37. The summed E-state index contributed by atoms with van der Waals surface area (Å²) in [5.41, 5.74) is 1.26. The summed E-state index contributed by atoms with van der Waals surface area (Å²) in [6.45, 7) is 4.45. The van der Waals surface area contributed by atoms with Crippen LogP contribution in [0.15, 0.2) is 6.20 Å². The number of imidazole rings is 1. The monoisotopic (exact) mass is 253 g/mol. The van der Waals surface area contributed by atoms with Gasteiger partial charge in [0.15, 0.2) is 0 Å². The first-order valence-corrected chi connectivity index (χ1v) is 8.02. The first kappa shape index (κ1) is 13.0. The van der Waals surface area contributed by atoms with Crippen LogP contribution in [0.1, 0.15) is 43.7 Å². The highest BCUT2D eigenvalue weighted by atomic mass is 32.2. The highest BCUT2D eigenvalue weighted by Crippen LogP contribution is 2.21. The molecule has 17 heavy (non-hydrogen) atoms. The lowest BCUT2D eigenvalue weighted by atomic mass is 10.2. The molecule has 1 aliphatic rings. The fourth-order valence-corrected chi connectivity index (χ4v) is 2.88. The molecule has 0 fully saturated rings. The molecule has 0 aliphatic carbocycles. The molecule has 1 aromatic heterocycles. The van der Waals surface area contributed by atoms with E-state index in [1.165, 1.54) is 36.5 Å². The van der Waals surface area contributed by atoms with Crippen molar-refractivity contribution >= 4 is 11.8 Å². The maximum atomic E-state index is 4.83. The molecule has 0 spiro atoms. The Morgan fingerprint density at radius 1 is 1.59 bits per heavy atom. The summed E-state index contributed by atoms with van der Waals surface area (Å²) in [4.78, 5) is 4.83. The molecule has 1 aromatic rings. The fraction of sp³-hybridized carbons (Fsp3) is 0.769. The lowest BCUT2D eigenvalue weighted by molar-refractivity contribution is 0.517. The topological polar surface area (TPSA) is 29.9 Å². The number of hydrogen-bond acceptors (Lipinski definition) is 3. The summed E-state index contributed by atoms with van der Waals surface area (Å²) in [5, 5.41) is 3.63. The molecule has 0 saturated carbocycles. The lowest BCUT2D eigenvalue weighted by Crippen LogP contribution is -2.22. The van der Waals surface area contributed by atoms with Crippen molar-refractivity contribution in [3.63, 3.8) is 0 Å². The van der Waals surface area contributed by atoms with Crippen molar-refractivity contribution < 1.29 is 0 Å². The maximum Gasteiger partial charge on any atom is 0.126 e. The number of nitrogens with zero attached hydrogens (tertiary/aromatic N) is 2. The van der Waals surface area contributed by atoms with Crippen LogP contribution in [0.3, 0.4) is 0 Å². The Morgan fingerprint density at radius 2 is 2.47 bits per heavy atom. The second-order valence-electron chi connectivity index (χ2n) is 4.68. The van der Waals surface area contributed by atoms with E-state index in [0.29, 0.717) is 6.04 Å². The van der Waals surface area contributed by atoms with Gasteiger partial charge in [0.2, 0.25) is 0 Å². The molecule has 2 heterocycles. The third-order valence-corrected chi connectivity index (χ3v) is 3.90. The largest absolute Gasteiger partial charge is 0.333 e. The molecule has 3 nitrogen and oxygen atoms in total. The predicted molar refractivity (Wildman–Crippen MR) is 74.6 cm³/mol. The number of aromatic nitrogens is 2. The van der Waals surface area contributed by atoms with Crippen molar-refractivity contribution in [2.24, 2.45) is 0 Å². The van der Waals surface area contributed by atoms with E-state index in [0.717, 1.165) is 19.5 Å². The highest BCUT2D eigenvalue weighted by molar-refractivity contribution is 7.98. The molecule has 0 saturated heterocycles. The number of fused-ring (bicyclic) bond motifs is 1. The van der Waals surface area contributed by atoms with Crippen molar-refractivity contribution in [1.82, 2.24) is 14.9 Å². The van der Waals surface area contributed by atoms with Gasteiger partial charge in [-0.2, -0.15) is 11.8 Å². The zero-order valence-electron chi connectivity index (χ0n) is 10.9. The van der Waals surface area contributed by atoms with E-state index < -0.39 is 0 Å². The van der Waals surface area contributed by atoms with E-state index in [4.69, 9.17) is 4.98 Å². The zero-order valence-corrected chi connectivity index (χ0v) is 11.7. The summed E-state index contributed by atoms with van der Waals surface area (Å²) in [5.74, 6) is 2.47. The standard InChI is InChI=1S/C13H23N3S/c1-3-5-11-10-16-8-4-7-14-12(6-9-17-2)13(16)15-11/h10,12,14H,3-9H2,1-2H3. The normalized spacial score (nSPS) is 20.0. The van der Waals surface area contributed by atoms with Crippen molar-refractivity contribution in [3.8, 4) is 0 Å². The third-order valence-electron chi connectivity index (χ3n) is 3.25. The van der Waals surface area contributed by atoms with Crippen molar-refractivity contribution in [3.05, 3.63) is 17.7 Å². The van der Waals surface area contributed by atoms with E-state index in [9.17, 15) is 0 Å². The van der Waals surface area contributed by atoms with E-state index in [-0.39, 0.29) is 0 Å². The van der Waals surface area contributed by atoms with Crippen LogP contribution in [0.25, 0.3) is 0 Å². The summed E-state index contributed by atoms with van der Waals surface area (Å²) in [6.07, 6.45) is 9.12. The van der Waals surface area contributed by atoms with E-state index >= 15 is 0 Å². The Hall–Kier alpha value is -0.480. The number of hydrogen-bond donors (Lipinski definition) is 1. The highest BCUT2D eigenvalue weighted by Gasteiger charge is 2.20. The summed E-state index contributed by atoms with van der Waals surface area (Å²) >= 11 is 1.92. The number of aryl methyl sites for hydroxylation is 2. The second-order valence-corrected chi connectivity index (χ2v) is 5.66. The van der Waals surface area contributed by atoms with Crippen molar-refractivity contribution in [2.45, 2.75) is 45.2 Å². The molecule has 1 N–H and O–H groups in total. The molecule has 0 bridgehead atoms. The van der Waals surface area contributed by atoms with Gasteiger partial charge in [0.05, 0.1) is 11.7 Å². The average Bonchev–Trinajstić information content (AvgIpc) is 2.63.